The number of fused-ring (bicyclic) bond motifs is 1. The van der Waals surface area contributed by atoms with Gasteiger partial charge in [0.2, 0.25) is 17.7 Å². The van der Waals surface area contributed by atoms with E-state index in [4.69, 9.17) is 14.2 Å². The third-order valence-corrected chi connectivity index (χ3v) is 5.52. The molecule has 0 bridgehead atoms. The molecule has 31 heavy (non-hydrogen) atoms. The fourth-order valence-electron chi connectivity index (χ4n) is 3.92. The normalized spacial score (nSPS) is 15.3. The Kier molecular flexibility index (Phi) is 5.54. The number of hydrogen-bond acceptors (Lipinski definition) is 7. The summed E-state index contributed by atoms with van der Waals surface area (Å²) in [6, 6.07) is 15.9. The van der Waals surface area contributed by atoms with E-state index in [-0.39, 0.29) is 0 Å². The molecule has 8 heteroatoms. The Morgan fingerprint density at radius 3 is 2.71 bits per heavy atom. The fourth-order valence-corrected chi connectivity index (χ4v) is 3.92. The van der Waals surface area contributed by atoms with Crippen LogP contribution in [0, 0.1) is 0 Å². The zero-order chi connectivity index (χ0) is 21.0. The van der Waals surface area contributed by atoms with Crippen molar-refractivity contribution in [3.8, 4) is 17.1 Å². The van der Waals surface area contributed by atoms with E-state index in [0.29, 0.717) is 24.9 Å². The highest BCUT2D eigenvalue weighted by molar-refractivity contribution is 5.77. The first-order valence-electron chi connectivity index (χ1n) is 10.8. The molecule has 0 amide bonds. The van der Waals surface area contributed by atoms with Crippen molar-refractivity contribution in [1.29, 1.82) is 0 Å². The summed E-state index contributed by atoms with van der Waals surface area (Å²) in [6.07, 6.45) is 1.05. The molecule has 0 spiro atoms. The van der Waals surface area contributed by atoms with Crippen LogP contribution in [0.15, 0.2) is 53.1 Å². The van der Waals surface area contributed by atoms with Crippen LogP contribution in [0.4, 0.5) is 5.95 Å². The first kappa shape index (κ1) is 19.6. The van der Waals surface area contributed by atoms with E-state index in [2.05, 4.69) is 31.0 Å². The number of nitrogens with zero attached hydrogens (tertiary/aromatic N) is 5. The van der Waals surface area contributed by atoms with E-state index in [0.717, 1.165) is 60.9 Å². The van der Waals surface area contributed by atoms with Gasteiger partial charge in [0.1, 0.15) is 5.75 Å². The lowest BCUT2D eigenvalue weighted by molar-refractivity contribution is 0.239. The number of imidazole rings is 1. The molecule has 4 aromatic rings. The van der Waals surface area contributed by atoms with Gasteiger partial charge in [0.05, 0.1) is 24.2 Å². The molecule has 1 fully saturated rings. The van der Waals surface area contributed by atoms with Crippen molar-refractivity contribution >= 4 is 17.0 Å². The number of benzene rings is 2. The summed E-state index contributed by atoms with van der Waals surface area (Å²) >= 11 is 0. The van der Waals surface area contributed by atoms with Gasteiger partial charge in [-0.1, -0.05) is 17.3 Å². The Morgan fingerprint density at radius 1 is 1.00 bits per heavy atom. The molecular formula is C23H26N6O2. The van der Waals surface area contributed by atoms with Gasteiger partial charge >= 0.3 is 0 Å². The largest absolute Gasteiger partial charge is 0.494 e. The average molecular weight is 419 g/mol. The average Bonchev–Trinajstić information content (AvgIpc) is 3.37. The number of H-pyrrole nitrogens is 1. The monoisotopic (exact) mass is 418 g/mol. The van der Waals surface area contributed by atoms with Gasteiger partial charge in [-0.2, -0.15) is 4.98 Å². The van der Waals surface area contributed by atoms with Crippen LogP contribution in [-0.4, -0.2) is 57.8 Å². The van der Waals surface area contributed by atoms with Crippen LogP contribution in [-0.2, 0) is 6.54 Å². The zero-order valence-electron chi connectivity index (χ0n) is 17.6. The number of aromatic amines is 1. The van der Waals surface area contributed by atoms with Gasteiger partial charge in [0, 0.05) is 31.7 Å². The second-order valence-electron chi connectivity index (χ2n) is 7.66. The van der Waals surface area contributed by atoms with Crippen molar-refractivity contribution in [2.45, 2.75) is 19.9 Å². The van der Waals surface area contributed by atoms with E-state index in [9.17, 15) is 0 Å². The molecular weight excluding hydrogens is 392 g/mol. The van der Waals surface area contributed by atoms with Gasteiger partial charge in [-0.25, -0.2) is 4.98 Å². The number of para-hydroxylation sites is 2. The number of ether oxygens (including phenoxy) is 1. The number of hydrogen-bond donors (Lipinski definition) is 1. The first-order chi connectivity index (χ1) is 15.3. The topological polar surface area (TPSA) is 83.3 Å². The highest BCUT2D eigenvalue weighted by Gasteiger charge is 2.20. The Hall–Kier alpha value is -3.39. The van der Waals surface area contributed by atoms with Crippen molar-refractivity contribution in [3.63, 3.8) is 0 Å². The highest BCUT2D eigenvalue weighted by Crippen LogP contribution is 2.21. The molecule has 1 aliphatic rings. The quantitative estimate of drug-likeness (QED) is 0.511. The maximum Gasteiger partial charge on any atom is 0.241 e. The van der Waals surface area contributed by atoms with Crippen LogP contribution in [0.5, 0.6) is 5.75 Å². The molecule has 2 aromatic heterocycles. The SMILES string of the molecule is CCOc1ccc(-c2noc(CN3CCCN(c4nc5ccccc5[nH]4)CC3)n2)cc1. The van der Waals surface area contributed by atoms with Crippen molar-refractivity contribution in [2.75, 3.05) is 37.7 Å². The van der Waals surface area contributed by atoms with Gasteiger partial charge in [-0.05, 0) is 49.7 Å². The van der Waals surface area contributed by atoms with E-state index >= 15 is 0 Å². The van der Waals surface area contributed by atoms with Crippen molar-refractivity contribution < 1.29 is 9.26 Å². The minimum absolute atomic E-state index is 0.608. The second kappa shape index (κ2) is 8.77. The van der Waals surface area contributed by atoms with Crippen molar-refractivity contribution in [1.82, 2.24) is 25.0 Å². The molecule has 0 aliphatic carbocycles. The van der Waals surface area contributed by atoms with E-state index in [1.165, 1.54) is 0 Å². The summed E-state index contributed by atoms with van der Waals surface area (Å²) in [5, 5.41) is 4.16. The summed E-state index contributed by atoms with van der Waals surface area (Å²) in [7, 11) is 0. The molecule has 0 saturated carbocycles. The molecule has 5 rings (SSSR count). The summed E-state index contributed by atoms with van der Waals surface area (Å²) in [4.78, 5) is 17.5. The van der Waals surface area contributed by atoms with Gasteiger partial charge < -0.3 is 19.1 Å². The molecule has 160 valence electrons. The van der Waals surface area contributed by atoms with E-state index in [1.807, 2.05) is 49.4 Å². The molecule has 3 heterocycles. The molecule has 1 aliphatic heterocycles. The van der Waals surface area contributed by atoms with Crippen LogP contribution in [0.25, 0.3) is 22.4 Å². The zero-order valence-corrected chi connectivity index (χ0v) is 17.6. The summed E-state index contributed by atoms with van der Waals surface area (Å²) in [6.45, 7) is 7.04. The predicted octanol–water partition coefficient (Wildman–Crippen LogP) is 3.72. The van der Waals surface area contributed by atoms with Crippen LogP contribution < -0.4 is 9.64 Å². The minimum Gasteiger partial charge on any atom is -0.494 e. The first-order valence-corrected chi connectivity index (χ1v) is 10.8. The number of aromatic nitrogens is 4. The van der Waals surface area contributed by atoms with Crippen molar-refractivity contribution in [3.05, 3.63) is 54.4 Å². The third kappa shape index (κ3) is 4.39. The van der Waals surface area contributed by atoms with Crippen molar-refractivity contribution in [2.24, 2.45) is 0 Å². The van der Waals surface area contributed by atoms with E-state index < -0.39 is 0 Å². The predicted molar refractivity (Wildman–Crippen MR) is 119 cm³/mol. The van der Waals surface area contributed by atoms with Gasteiger partial charge in [0.25, 0.3) is 0 Å². The Balaban J connectivity index is 1.21. The van der Waals surface area contributed by atoms with Gasteiger partial charge in [-0.3, -0.25) is 4.90 Å². The second-order valence-corrected chi connectivity index (χ2v) is 7.66. The van der Waals surface area contributed by atoms with Crippen LogP contribution in [0.3, 0.4) is 0 Å². The molecule has 8 nitrogen and oxygen atoms in total. The number of anilines is 1. The molecule has 2 aromatic carbocycles. The fraction of sp³-hybridized carbons (Fsp3) is 0.348. The maximum atomic E-state index is 5.53. The molecule has 0 atom stereocenters. The lowest BCUT2D eigenvalue weighted by Gasteiger charge is -2.20. The maximum absolute atomic E-state index is 5.53. The molecule has 1 saturated heterocycles. The van der Waals surface area contributed by atoms with Crippen LogP contribution in [0.2, 0.25) is 0 Å². The molecule has 0 unspecified atom stereocenters. The highest BCUT2D eigenvalue weighted by atomic mass is 16.5. The Labute approximate surface area is 180 Å². The van der Waals surface area contributed by atoms with Gasteiger partial charge in [0.15, 0.2) is 0 Å². The van der Waals surface area contributed by atoms with Crippen LogP contribution in [0.1, 0.15) is 19.2 Å². The van der Waals surface area contributed by atoms with E-state index in [1.54, 1.807) is 0 Å². The lowest BCUT2D eigenvalue weighted by atomic mass is 10.2. The standard InChI is InChI=1S/C23H26N6O2/c1-2-30-18-10-8-17(9-11-18)22-26-21(31-27-22)16-28-12-5-13-29(15-14-28)23-24-19-6-3-4-7-20(19)25-23/h3-4,6-11H,2,5,12-16H2,1H3,(H,24,25). The number of nitrogens with one attached hydrogen (secondary N) is 1. The molecule has 0 radical (unpaired) electrons. The van der Waals surface area contributed by atoms with Crippen LogP contribution >= 0.6 is 0 Å². The smallest absolute Gasteiger partial charge is 0.241 e. The minimum atomic E-state index is 0.608. The summed E-state index contributed by atoms with van der Waals surface area (Å²) < 4.78 is 11.0. The number of rotatable bonds is 6. The Morgan fingerprint density at radius 2 is 1.87 bits per heavy atom. The molecule has 1 N–H and O–H groups in total. The Bertz CT molecular complexity index is 1100. The lowest BCUT2D eigenvalue weighted by Crippen LogP contribution is -2.31. The summed E-state index contributed by atoms with van der Waals surface area (Å²) in [5.41, 5.74) is 3.00. The van der Waals surface area contributed by atoms with Gasteiger partial charge in [-0.15, -0.1) is 0 Å². The third-order valence-electron chi connectivity index (χ3n) is 5.52. The summed E-state index contributed by atoms with van der Waals surface area (Å²) in [5.74, 6) is 3.03.